The Hall–Kier alpha value is -0.370. The largest absolute Gasteiger partial charge is 0.303 e. The maximum absolute atomic E-state index is 10.9. The molecule has 0 bridgehead atoms. The van der Waals surface area contributed by atoms with Gasteiger partial charge in [-0.1, -0.05) is 0 Å². The Balaban J connectivity index is 1.62. The second kappa shape index (κ2) is 2.94. The highest BCUT2D eigenvalue weighted by molar-refractivity contribution is 5.86. The lowest BCUT2D eigenvalue weighted by molar-refractivity contribution is -0.129. The van der Waals surface area contributed by atoms with Gasteiger partial charge in [0.15, 0.2) is 0 Å². The van der Waals surface area contributed by atoms with Gasteiger partial charge in [-0.05, 0) is 38.9 Å². The number of likely N-dealkylation sites (tertiary alicyclic amines) is 1. The van der Waals surface area contributed by atoms with Crippen LogP contribution >= 0.6 is 0 Å². The maximum atomic E-state index is 10.9. The molecule has 0 aromatic carbocycles. The van der Waals surface area contributed by atoms with Gasteiger partial charge in [0.25, 0.3) is 0 Å². The van der Waals surface area contributed by atoms with Gasteiger partial charge in [0.05, 0.1) is 0 Å². The minimum absolute atomic E-state index is 0.440. The molecular weight excluding hydrogens is 138 g/mol. The minimum Gasteiger partial charge on any atom is -0.303 e. The van der Waals surface area contributed by atoms with Crippen LogP contribution in [0.1, 0.15) is 25.7 Å². The van der Waals surface area contributed by atoms with E-state index < -0.39 is 0 Å². The topological polar surface area (TPSA) is 20.3 Å². The third-order valence-electron chi connectivity index (χ3n) is 2.94. The van der Waals surface area contributed by atoms with Gasteiger partial charge < -0.3 is 4.90 Å². The fourth-order valence-electron chi connectivity index (χ4n) is 1.72. The Morgan fingerprint density at radius 1 is 1.45 bits per heavy atom. The maximum Gasteiger partial charge on any atom is 0.136 e. The van der Waals surface area contributed by atoms with Gasteiger partial charge in [-0.2, -0.15) is 0 Å². The van der Waals surface area contributed by atoms with Crippen molar-refractivity contribution >= 4 is 5.78 Å². The van der Waals surface area contributed by atoms with Gasteiger partial charge in [-0.3, -0.25) is 4.79 Å². The van der Waals surface area contributed by atoms with Crippen LogP contribution in [0.3, 0.4) is 0 Å². The number of hydrogen-bond acceptors (Lipinski definition) is 2. The lowest BCUT2D eigenvalue weighted by Crippen LogP contribution is -2.40. The van der Waals surface area contributed by atoms with Crippen LogP contribution in [0.2, 0.25) is 0 Å². The molecule has 0 amide bonds. The predicted octanol–water partition coefficient (Wildman–Crippen LogP) is 1.06. The van der Waals surface area contributed by atoms with Crippen LogP contribution in [0.15, 0.2) is 0 Å². The van der Waals surface area contributed by atoms with Crippen molar-refractivity contribution in [2.24, 2.45) is 5.92 Å². The third-order valence-corrected chi connectivity index (χ3v) is 2.94. The molecule has 0 spiro atoms. The smallest absolute Gasteiger partial charge is 0.136 e. The number of carbonyl (C=O) groups excluding carboxylic acids is 1. The van der Waals surface area contributed by atoms with E-state index in [9.17, 15) is 4.79 Å². The Labute approximate surface area is 67.6 Å². The van der Waals surface area contributed by atoms with Crippen molar-refractivity contribution in [3.8, 4) is 0 Å². The predicted molar refractivity (Wildman–Crippen MR) is 43.4 cm³/mol. The average Bonchev–Trinajstić information content (AvgIpc) is 1.91. The standard InChI is InChI=1S/C9H15NO/c11-9-3-2-8(9)4-7-10-5-1-6-10/h8H,1-7H2. The summed E-state index contributed by atoms with van der Waals surface area (Å²) in [6, 6.07) is 0. The molecule has 1 atom stereocenters. The van der Waals surface area contributed by atoms with Gasteiger partial charge in [0.1, 0.15) is 5.78 Å². The molecule has 2 aliphatic rings. The van der Waals surface area contributed by atoms with Crippen molar-refractivity contribution in [3.05, 3.63) is 0 Å². The molecule has 1 saturated carbocycles. The zero-order chi connectivity index (χ0) is 7.68. The highest BCUT2D eigenvalue weighted by Gasteiger charge is 2.28. The van der Waals surface area contributed by atoms with Crippen LogP contribution < -0.4 is 0 Å². The van der Waals surface area contributed by atoms with Gasteiger partial charge >= 0.3 is 0 Å². The van der Waals surface area contributed by atoms with Crippen LogP contribution in [0, 0.1) is 5.92 Å². The lowest BCUT2D eigenvalue weighted by atomic mass is 9.81. The highest BCUT2D eigenvalue weighted by Crippen LogP contribution is 2.26. The second-order valence-electron chi connectivity index (χ2n) is 3.69. The van der Waals surface area contributed by atoms with Crippen LogP contribution in [0.25, 0.3) is 0 Å². The highest BCUT2D eigenvalue weighted by atomic mass is 16.1. The van der Waals surface area contributed by atoms with Gasteiger partial charge in [0.2, 0.25) is 0 Å². The van der Waals surface area contributed by atoms with E-state index in [0.717, 1.165) is 25.8 Å². The van der Waals surface area contributed by atoms with Crippen LogP contribution in [0.5, 0.6) is 0 Å². The van der Waals surface area contributed by atoms with E-state index in [2.05, 4.69) is 4.90 Å². The summed E-state index contributed by atoms with van der Waals surface area (Å²) in [6.07, 6.45) is 4.49. The summed E-state index contributed by atoms with van der Waals surface area (Å²) in [5.74, 6) is 0.945. The molecular formula is C9H15NO. The molecule has 0 aromatic heterocycles. The van der Waals surface area contributed by atoms with Crippen molar-refractivity contribution in [1.82, 2.24) is 4.90 Å². The van der Waals surface area contributed by atoms with E-state index in [1.54, 1.807) is 0 Å². The normalized spacial score (nSPS) is 31.3. The Morgan fingerprint density at radius 3 is 2.64 bits per heavy atom. The molecule has 2 heteroatoms. The monoisotopic (exact) mass is 153 g/mol. The zero-order valence-electron chi connectivity index (χ0n) is 6.88. The van der Waals surface area contributed by atoms with Gasteiger partial charge in [0, 0.05) is 12.3 Å². The van der Waals surface area contributed by atoms with Crippen molar-refractivity contribution in [2.75, 3.05) is 19.6 Å². The molecule has 0 radical (unpaired) electrons. The van der Waals surface area contributed by atoms with Crippen molar-refractivity contribution in [1.29, 1.82) is 0 Å². The summed E-state index contributed by atoms with van der Waals surface area (Å²) < 4.78 is 0. The van der Waals surface area contributed by atoms with Crippen molar-refractivity contribution < 1.29 is 4.79 Å². The SMILES string of the molecule is O=C1CCC1CCN1CCC1. The number of hydrogen-bond donors (Lipinski definition) is 0. The number of ketones is 1. The van der Waals surface area contributed by atoms with E-state index >= 15 is 0 Å². The molecule has 2 fully saturated rings. The number of rotatable bonds is 3. The first-order valence-corrected chi connectivity index (χ1v) is 4.61. The quantitative estimate of drug-likeness (QED) is 0.604. The van der Waals surface area contributed by atoms with Gasteiger partial charge in [-0.25, -0.2) is 0 Å². The first-order chi connectivity index (χ1) is 5.36. The Bertz CT molecular complexity index is 163. The first-order valence-electron chi connectivity index (χ1n) is 4.61. The summed E-state index contributed by atoms with van der Waals surface area (Å²) in [4.78, 5) is 13.4. The minimum atomic E-state index is 0.440. The molecule has 1 aliphatic heterocycles. The van der Waals surface area contributed by atoms with Crippen LogP contribution in [-0.4, -0.2) is 30.3 Å². The molecule has 62 valence electrons. The molecule has 1 saturated heterocycles. The van der Waals surface area contributed by atoms with Crippen LogP contribution in [-0.2, 0) is 4.79 Å². The zero-order valence-corrected chi connectivity index (χ0v) is 6.88. The summed E-state index contributed by atoms with van der Waals surface area (Å²) in [5.41, 5.74) is 0. The molecule has 0 aromatic rings. The molecule has 1 unspecified atom stereocenters. The van der Waals surface area contributed by atoms with E-state index in [-0.39, 0.29) is 0 Å². The number of Topliss-reactive ketones (excluding diaryl/α,β-unsaturated/α-hetero) is 1. The summed E-state index contributed by atoms with van der Waals surface area (Å²) in [6.45, 7) is 3.69. The van der Waals surface area contributed by atoms with E-state index in [1.165, 1.54) is 19.5 Å². The molecule has 1 aliphatic carbocycles. The number of carbonyl (C=O) groups is 1. The number of nitrogens with zero attached hydrogens (tertiary/aromatic N) is 1. The Morgan fingerprint density at radius 2 is 2.27 bits per heavy atom. The van der Waals surface area contributed by atoms with Crippen molar-refractivity contribution in [2.45, 2.75) is 25.7 Å². The summed E-state index contributed by atoms with van der Waals surface area (Å²) in [5, 5.41) is 0. The van der Waals surface area contributed by atoms with Crippen molar-refractivity contribution in [3.63, 3.8) is 0 Å². The molecule has 2 rings (SSSR count). The summed E-state index contributed by atoms with van der Waals surface area (Å²) >= 11 is 0. The fourth-order valence-corrected chi connectivity index (χ4v) is 1.72. The van der Waals surface area contributed by atoms with E-state index in [1.807, 2.05) is 0 Å². The third kappa shape index (κ3) is 1.45. The van der Waals surface area contributed by atoms with E-state index in [4.69, 9.17) is 0 Å². The lowest BCUT2D eigenvalue weighted by Gasteiger charge is -2.33. The van der Waals surface area contributed by atoms with E-state index in [0.29, 0.717) is 11.7 Å². The summed E-state index contributed by atoms with van der Waals surface area (Å²) in [7, 11) is 0. The first kappa shape index (κ1) is 7.29. The fraction of sp³-hybridized carbons (Fsp3) is 0.889. The second-order valence-corrected chi connectivity index (χ2v) is 3.69. The molecule has 11 heavy (non-hydrogen) atoms. The molecule has 0 N–H and O–H groups in total. The van der Waals surface area contributed by atoms with Crippen LogP contribution in [0.4, 0.5) is 0 Å². The molecule has 1 heterocycles. The Kier molecular flexibility index (Phi) is 1.95. The van der Waals surface area contributed by atoms with Gasteiger partial charge in [-0.15, -0.1) is 0 Å². The molecule has 2 nitrogen and oxygen atoms in total. The average molecular weight is 153 g/mol.